The van der Waals surface area contributed by atoms with E-state index >= 15 is 0 Å². The summed E-state index contributed by atoms with van der Waals surface area (Å²) in [5, 5.41) is 2.98. The van der Waals surface area contributed by atoms with Gasteiger partial charge in [0.2, 0.25) is 5.91 Å². The third-order valence-corrected chi connectivity index (χ3v) is 5.75. The van der Waals surface area contributed by atoms with Gasteiger partial charge in [0.1, 0.15) is 11.6 Å². The van der Waals surface area contributed by atoms with E-state index in [1.807, 2.05) is 39.8 Å². The van der Waals surface area contributed by atoms with Crippen LogP contribution in [0.3, 0.4) is 0 Å². The second-order valence-electron chi connectivity index (χ2n) is 10.2. The topological polar surface area (TPSA) is 61.4 Å². The molecule has 32 heavy (non-hydrogen) atoms. The van der Waals surface area contributed by atoms with Crippen molar-refractivity contribution in [2.24, 2.45) is 5.41 Å². The Morgan fingerprint density at radius 3 is 2.62 bits per heavy atom. The first kappa shape index (κ1) is 22.4. The van der Waals surface area contributed by atoms with E-state index in [9.17, 15) is 13.6 Å². The molecule has 0 saturated carbocycles. The zero-order valence-electron chi connectivity index (χ0n) is 19.2. The molecule has 2 aliphatic rings. The van der Waals surface area contributed by atoms with Crippen LogP contribution in [0.2, 0.25) is 0 Å². The van der Waals surface area contributed by atoms with Crippen molar-refractivity contribution >= 4 is 23.2 Å². The summed E-state index contributed by atoms with van der Waals surface area (Å²) in [5.74, 6) is -1.40. The normalized spacial score (nSPS) is 17.6. The number of fused-ring (bicyclic) bond motifs is 1. The van der Waals surface area contributed by atoms with Crippen LogP contribution in [0.5, 0.6) is 0 Å². The third kappa shape index (κ3) is 5.16. The first-order valence-electron chi connectivity index (χ1n) is 11.1. The van der Waals surface area contributed by atoms with Crippen molar-refractivity contribution in [2.75, 3.05) is 34.8 Å². The van der Waals surface area contributed by atoms with Crippen molar-refractivity contribution in [3.05, 3.63) is 41.2 Å². The predicted octanol–water partition coefficient (Wildman–Crippen LogP) is 4.57. The fourth-order valence-electron chi connectivity index (χ4n) is 4.19. The van der Waals surface area contributed by atoms with E-state index in [4.69, 9.17) is 4.98 Å². The zero-order chi connectivity index (χ0) is 23.1. The van der Waals surface area contributed by atoms with Gasteiger partial charge in [0, 0.05) is 25.7 Å². The smallest absolute Gasteiger partial charge is 0.282 e. The fourth-order valence-corrected chi connectivity index (χ4v) is 4.19. The Kier molecular flexibility index (Phi) is 5.81. The monoisotopic (exact) mass is 443 g/mol. The van der Waals surface area contributed by atoms with Crippen LogP contribution in [0, 0.1) is 12.3 Å². The second kappa shape index (κ2) is 8.30. The van der Waals surface area contributed by atoms with E-state index in [1.165, 1.54) is 0 Å². The van der Waals surface area contributed by atoms with E-state index < -0.39 is 5.92 Å². The first-order valence-corrected chi connectivity index (χ1v) is 11.1. The first-order chi connectivity index (χ1) is 15.0. The Hall–Kier alpha value is -2.77. The number of halogens is 2. The van der Waals surface area contributed by atoms with E-state index in [-0.39, 0.29) is 24.4 Å². The Balaban J connectivity index is 1.45. The van der Waals surface area contributed by atoms with Crippen molar-refractivity contribution in [2.45, 2.75) is 59.4 Å². The van der Waals surface area contributed by atoms with Crippen LogP contribution in [0.25, 0.3) is 0 Å². The number of pyridine rings is 2. The van der Waals surface area contributed by atoms with E-state index in [0.717, 1.165) is 41.9 Å². The van der Waals surface area contributed by atoms with Gasteiger partial charge in [-0.15, -0.1) is 0 Å². The maximum atomic E-state index is 13.1. The molecule has 0 atom stereocenters. The SMILES string of the molecule is Cc1cc2c(nc1NC(=O)CC(C)(C)C)CCCN2Cc1ccc(N2CC(F)(F)C2)nc1. The van der Waals surface area contributed by atoms with Crippen molar-refractivity contribution in [1.82, 2.24) is 9.97 Å². The van der Waals surface area contributed by atoms with Gasteiger partial charge in [0.15, 0.2) is 0 Å². The van der Waals surface area contributed by atoms with Gasteiger partial charge in [-0.2, -0.15) is 0 Å². The number of hydrogen-bond acceptors (Lipinski definition) is 5. The summed E-state index contributed by atoms with van der Waals surface area (Å²) in [6, 6.07) is 5.86. The summed E-state index contributed by atoms with van der Waals surface area (Å²) in [7, 11) is 0. The summed E-state index contributed by atoms with van der Waals surface area (Å²) >= 11 is 0. The quantitative estimate of drug-likeness (QED) is 0.734. The molecule has 2 aromatic rings. The van der Waals surface area contributed by atoms with E-state index in [2.05, 4.69) is 21.3 Å². The maximum Gasteiger partial charge on any atom is 0.282 e. The molecule has 4 rings (SSSR count). The van der Waals surface area contributed by atoms with Crippen LogP contribution in [0.1, 0.15) is 50.4 Å². The van der Waals surface area contributed by atoms with E-state index in [1.54, 1.807) is 11.1 Å². The van der Waals surface area contributed by atoms with Gasteiger partial charge in [-0.1, -0.05) is 26.8 Å². The van der Waals surface area contributed by atoms with Crippen molar-refractivity contribution in [3.63, 3.8) is 0 Å². The lowest BCUT2D eigenvalue weighted by molar-refractivity contribution is -0.117. The number of rotatable bonds is 5. The average Bonchev–Trinajstić information content (AvgIpc) is 2.66. The van der Waals surface area contributed by atoms with Crippen LogP contribution in [-0.4, -0.2) is 41.4 Å². The van der Waals surface area contributed by atoms with Crippen LogP contribution in [0.4, 0.5) is 26.1 Å². The van der Waals surface area contributed by atoms with Crippen LogP contribution < -0.4 is 15.1 Å². The van der Waals surface area contributed by atoms with E-state index in [0.29, 0.717) is 24.6 Å². The van der Waals surface area contributed by atoms with Crippen molar-refractivity contribution in [1.29, 1.82) is 0 Å². The van der Waals surface area contributed by atoms with Crippen LogP contribution in [-0.2, 0) is 17.8 Å². The Bertz CT molecular complexity index is 993. The number of aryl methyl sites for hydroxylation is 2. The molecule has 0 unspecified atom stereocenters. The minimum absolute atomic E-state index is 0.0214. The fraction of sp³-hybridized carbons (Fsp3) is 0.542. The molecule has 1 amide bonds. The molecule has 0 radical (unpaired) electrons. The maximum absolute atomic E-state index is 13.1. The number of hydrogen-bond donors (Lipinski definition) is 1. The number of carbonyl (C=O) groups is 1. The summed E-state index contributed by atoms with van der Waals surface area (Å²) in [5.41, 5.74) is 3.94. The van der Waals surface area contributed by atoms with Crippen LogP contribution in [0.15, 0.2) is 24.4 Å². The highest BCUT2D eigenvalue weighted by atomic mass is 19.3. The average molecular weight is 444 g/mol. The Morgan fingerprint density at radius 2 is 2.00 bits per heavy atom. The molecule has 1 N–H and O–H groups in total. The highest BCUT2D eigenvalue weighted by molar-refractivity contribution is 5.91. The molecular weight excluding hydrogens is 412 g/mol. The molecule has 0 bridgehead atoms. The third-order valence-electron chi connectivity index (χ3n) is 5.75. The molecule has 1 fully saturated rings. The molecule has 0 aliphatic carbocycles. The molecule has 8 heteroatoms. The molecule has 0 aromatic carbocycles. The summed E-state index contributed by atoms with van der Waals surface area (Å²) in [6.45, 7) is 9.13. The Labute approximate surface area is 188 Å². The molecule has 1 saturated heterocycles. The lowest BCUT2D eigenvalue weighted by Crippen LogP contribution is -2.56. The van der Waals surface area contributed by atoms with Gasteiger partial charge >= 0.3 is 0 Å². The molecule has 2 aliphatic heterocycles. The highest BCUT2D eigenvalue weighted by Crippen LogP contribution is 2.33. The molecule has 2 aromatic heterocycles. The number of nitrogens with zero attached hydrogens (tertiary/aromatic N) is 4. The number of alkyl halides is 2. The standard InChI is InChI=1S/C24H31F2N5O/c1-16-10-19-18(28-22(16)29-21(32)11-23(2,3)4)6-5-9-30(19)13-17-7-8-20(27-12-17)31-14-24(25,26)15-31/h7-8,10,12H,5-6,9,11,13-15H2,1-4H3,(H,28,29,32). The zero-order valence-corrected chi connectivity index (χ0v) is 19.2. The largest absolute Gasteiger partial charge is 0.366 e. The van der Waals surface area contributed by atoms with Crippen molar-refractivity contribution in [3.8, 4) is 0 Å². The lowest BCUT2D eigenvalue weighted by atomic mass is 9.92. The second-order valence-corrected chi connectivity index (χ2v) is 10.2. The van der Waals surface area contributed by atoms with Gasteiger partial charge in [0.25, 0.3) is 5.92 Å². The highest BCUT2D eigenvalue weighted by Gasteiger charge is 2.44. The summed E-state index contributed by atoms with van der Waals surface area (Å²) in [4.78, 5) is 25.4. The molecular formula is C24H31F2N5O. The summed E-state index contributed by atoms with van der Waals surface area (Å²) < 4.78 is 26.2. The predicted molar refractivity (Wildman–Crippen MR) is 122 cm³/mol. The minimum Gasteiger partial charge on any atom is -0.366 e. The van der Waals surface area contributed by atoms with Gasteiger partial charge in [-0.05, 0) is 48.4 Å². The number of aromatic nitrogens is 2. The number of amides is 1. The summed E-state index contributed by atoms with van der Waals surface area (Å²) in [6.07, 6.45) is 4.05. The number of anilines is 3. The number of carbonyl (C=O) groups excluding carboxylic acids is 1. The number of nitrogens with one attached hydrogen (secondary N) is 1. The van der Waals surface area contributed by atoms with Gasteiger partial charge in [-0.25, -0.2) is 18.7 Å². The molecule has 6 nitrogen and oxygen atoms in total. The molecule has 172 valence electrons. The Morgan fingerprint density at radius 1 is 1.25 bits per heavy atom. The molecule has 4 heterocycles. The van der Waals surface area contributed by atoms with Gasteiger partial charge in [0.05, 0.1) is 24.5 Å². The van der Waals surface area contributed by atoms with Gasteiger partial charge in [-0.3, -0.25) is 4.79 Å². The van der Waals surface area contributed by atoms with Gasteiger partial charge < -0.3 is 15.1 Å². The van der Waals surface area contributed by atoms with Crippen LogP contribution >= 0.6 is 0 Å². The minimum atomic E-state index is -2.60. The van der Waals surface area contributed by atoms with Crippen molar-refractivity contribution < 1.29 is 13.6 Å². The molecule has 0 spiro atoms. The lowest BCUT2D eigenvalue weighted by Gasteiger charge is -2.39.